The van der Waals surface area contributed by atoms with Gasteiger partial charge in [-0.2, -0.15) is 0 Å². The maximum absolute atomic E-state index is 13.7. The van der Waals surface area contributed by atoms with Crippen molar-refractivity contribution in [2.24, 2.45) is 0 Å². The van der Waals surface area contributed by atoms with Crippen molar-refractivity contribution in [1.82, 2.24) is 5.32 Å². The predicted molar refractivity (Wildman–Crippen MR) is 73.0 cm³/mol. The molecule has 0 unspecified atom stereocenters. The van der Waals surface area contributed by atoms with E-state index < -0.39 is 25.7 Å². The van der Waals surface area contributed by atoms with E-state index in [0.29, 0.717) is 19.6 Å². The van der Waals surface area contributed by atoms with Crippen LogP contribution in [-0.4, -0.2) is 34.6 Å². The summed E-state index contributed by atoms with van der Waals surface area (Å²) in [5.41, 5.74) is 0.0781. The number of rotatable bonds is 6. The van der Waals surface area contributed by atoms with E-state index in [1.54, 1.807) is 7.11 Å². The summed E-state index contributed by atoms with van der Waals surface area (Å²) in [7, 11) is 2.44. The number of carbonyl (C=O) groups excluding carboxylic acids is 1. The van der Waals surface area contributed by atoms with Crippen LogP contribution in [-0.2, 0) is 13.8 Å². The van der Waals surface area contributed by atoms with Gasteiger partial charge in [0.25, 0.3) is 15.0 Å². The second kappa shape index (κ2) is 7.01. The first-order valence-electron chi connectivity index (χ1n) is 5.79. The number of hydrogen-bond acceptors (Lipinski definition) is 4. The van der Waals surface area contributed by atoms with Gasteiger partial charge < -0.3 is 10.1 Å². The second-order valence-corrected chi connectivity index (χ2v) is 6.68. The van der Waals surface area contributed by atoms with E-state index in [0.717, 1.165) is 6.07 Å². The van der Waals surface area contributed by atoms with E-state index in [1.807, 2.05) is 0 Å². The van der Waals surface area contributed by atoms with Gasteiger partial charge in [-0.15, -0.1) is 0 Å². The quantitative estimate of drug-likeness (QED) is 0.640. The van der Waals surface area contributed by atoms with Gasteiger partial charge in [-0.25, -0.2) is 12.8 Å². The van der Waals surface area contributed by atoms with Crippen LogP contribution in [0.15, 0.2) is 17.0 Å². The molecule has 0 heterocycles. The van der Waals surface area contributed by atoms with Gasteiger partial charge in [-0.05, 0) is 31.0 Å². The first-order valence-corrected chi connectivity index (χ1v) is 8.10. The Kier molecular flexibility index (Phi) is 5.91. The van der Waals surface area contributed by atoms with Crippen LogP contribution in [0.3, 0.4) is 0 Å². The van der Waals surface area contributed by atoms with Crippen LogP contribution in [0, 0.1) is 12.7 Å². The van der Waals surface area contributed by atoms with Crippen molar-refractivity contribution in [3.05, 3.63) is 29.1 Å². The maximum Gasteiger partial charge on any atom is 0.264 e. The third kappa shape index (κ3) is 4.43. The van der Waals surface area contributed by atoms with Crippen LogP contribution in [0.1, 0.15) is 22.3 Å². The normalized spacial score (nSPS) is 11.4. The Morgan fingerprint density at radius 2 is 2.10 bits per heavy atom. The Balaban J connectivity index is 2.97. The number of hydrogen-bond donors (Lipinski definition) is 1. The van der Waals surface area contributed by atoms with Crippen molar-refractivity contribution < 1.29 is 22.3 Å². The highest BCUT2D eigenvalue weighted by atomic mass is 35.7. The van der Waals surface area contributed by atoms with Gasteiger partial charge in [0, 0.05) is 36.5 Å². The number of aryl methyl sites for hydroxylation is 1. The number of nitrogens with one attached hydrogen (secondary N) is 1. The molecule has 112 valence electrons. The van der Waals surface area contributed by atoms with Crippen molar-refractivity contribution in [2.45, 2.75) is 18.2 Å². The molecule has 0 radical (unpaired) electrons. The average molecular weight is 324 g/mol. The third-order valence-electron chi connectivity index (χ3n) is 2.56. The summed E-state index contributed by atoms with van der Waals surface area (Å²) in [6, 6.07) is 2.20. The van der Waals surface area contributed by atoms with Gasteiger partial charge in [-0.1, -0.05) is 0 Å². The molecule has 0 saturated heterocycles. The van der Waals surface area contributed by atoms with Crippen LogP contribution in [0.5, 0.6) is 0 Å². The van der Waals surface area contributed by atoms with Crippen molar-refractivity contribution in [3.8, 4) is 0 Å². The molecule has 0 aliphatic heterocycles. The van der Waals surface area contributed by atoms with E-state index in [2.05, 4.69) is 5.32 Å². The summed E-state index contributed by atoms with van der Waals surface area (Å²) in [6.45, 7) is 2.22. The van der Waals surface area contributed by atoms with Crippen molar-refractivity contribution in [1.29, 1.82) is 0 Å². The molecule has 0 aliphatic rings. The molecule has 0 spiro atoms. The molecule has 1 aromatic carbocycles. The molecular weight excluding hydrogens is 309 g/mol. The van der Waals surface area contributed by atoms with Crippen LogP contribution in [0.2, 0.25) is 0 Å². The highest BCUT2D eigenvalue weighted by Crippen LogP contribution is 2.23. The fraction of sp³-hybridized carbons (Fsp3) is 0.417. The van der Waals surface area contributed by atoms with Crippen LogP contribution >= 0.6 is 10.7 Å². The first kappa shape index (κ1) is 16.9. The van der Waals surface area contributed by atoms with Gasteiger partial charge in [0.2, 0.25) is 0 Å². The van der Waals surface area contributed by atoms with Gasteiger partial charge >= 0.3 is 0 Å². The lowest BCUT2D eigenvalue weighted by molar-refractivity contribution is 0.0948. The Hall–Kier alpha value is -1.18. The third-order valence-corrected chi connectivity index (χ3v) is 3.88. The Morgan fingerprint density at radius 1 is 1.45 bits per heavy atom. The molecule has 5 nitrogen and oxygen atoms in total. The summed E-state index contributed by atoms with van der Waals surface area (Å²) in [6.07, 6.45) is 0.614. The van der Waals surface area contributed by atoms with Gasteiger partial charge in [-0.3, -0.25) is 4.79 Å². The number of ether oxygens (including phenoxy) is 1. The minimum absolute atomic E-state index is 0.0359. The summed E-state index contributed by atoms with van der Waals surface area (Å²) in [5, 5.41) is 2.58. The topological polar surface area (TPSA) is 72.5 Å². The van der Waals surface area contributed by atoms with E-state index in [-0.39, 0.29) is 11.1 Å². The van der Waals surface area contributed by atoms with E-state index in [4.69, 9.17) is 15.4 Å². The lowest BCUT2D eigenvalue weighted by atomic mass is 10.1. The number of benzene rings is 1. The van der Waals surface area contributed by atoms with Gasteiger partial charge in [0.05, 0.1) is 0 Å². The molecule has 1 rings (SSSR count). The molecule has 0 bridgehead atoms. The molecule has 0 atom stereocenters. The zero-order valence-electron chi connectivity index (χ0n) is 11.1. The predicted octanol–water partition coefficient (Wildman–Crippen LogP) is 1.83. The van der Waals surface area contributed by atoms with E-state index in [1.165, 1.54) is 13.0 Å². The molecule has 0 aliphatic carbocycles. The highest BCUT2D eigenvalue weighted by molar-refractivity contribution is 8.13. The standard InChI is InChI=1S/C12H15ClFNO4S/c1-8-6-9(12(16)15-4-3-5-19-2)7-10(11(8)14)20(13,17)18/h6-7H,3-5H2,1-2H3,(H,15,16). The molecular formula is C12H15ClFNO4S. The summed E-state index contributed by atoms with van der Waals surface area (Å²) in [5.74, 6) is -1.44. The minimum Gasteiger partial charge on any atom is -0.385 e. The lowest BCUT2D eigenvalue weighted by Crippen LogP contribution is -2.25. The smallest absolute Gasteiger partial charge is 0.264 e. The highest BCUT2D eigenvalue weighted by Gasteiger charge is 2.21. The minimum atomic E-state index is -4.24. The zero-order chi connectivity index (χ0) is 15.3. The van der Waals surface area contributed by atoms with Gasteiger partial charge in [0.15, 0.2) is 0 Å². The molecule has 1 amide bonds. The van der Waals surface area contributed by atoms with E-state index >= 15 is 0 Å². The number of methoxy groups -OCH3 is 1. The first-order chi connectivity index (χ1) is 9.27. The van der Waals surface area contributed by atoms with Crippen LogP contribution in [0.25, 0.3) is 0 Å². The molecule has 1 N–H and O–H groups in total. The number of halogens is 2. The van der Waals surface area contributed by atoms with Crippen LogP contribution in [0.4, 0.5) is 4.39 Å². The van der Waals surface area contributed by atoms with Crippen molar-refractivity contribution >= 4 is 25.6 Å². The Bertz CT molecular complexity index is 604. The summed E-state index contributed by atoms with van der Waals surface area (Å²) < 4.78 is 41.0. The molecule has 20 heavy (non-hydrogen) atoms. The van der Waals surface area contributed by atoms with E-state index in [9.17, 15) is 17.6 Å². The molecule has 0 fully saturated rings. The van der Waals surface area contributed by atoms with Crippen molar-refractivity contribution in [2.75, 3.05) is 20.3 Å². The fourth-order valence-corrected chi connectivity index (χ4v) is 2.55. The fourth-order valence-electron chi connectivity index (χ4n) is 1.57. The summed E-state index contributed by atoms with van der Waals surface area (Å²) >= 11 is 0. The van der Waals surface area contributed by atoms with Crippen molar-refractivity contribution in [3.63, 3.8) is 0 Å². The second-order valence-electron chi connectivity index (χ2n) is 4.15. The molecule has 0 aromatic heterocycles. The number of carbonyl (C=O) groups is 1. The van der Waals surface area contributed by atoms with Crippen LogP contribution < -0.4 is 5.32 Å². The monoisotopic (exact) mass is 323 g/mol. The molecule has 1 aromatic rings. The SMILES string of the molecule is COCCCNC(=O)c1cc(C)c(F)c(S(=O)(=O)Cl)c1. The Morgan fingerprint density at radius 3 is 2.65 bits per heavy atom. The summed E-state index contributed by atoms with van der Waals surface area (Å²) in [4.78, 5) is 11.1. The number of amides is 1. The average Bonchev–Trinajstić information content (AvgIpc) is 2.36. The maximum atomic E-state index is 13.7. The lowest BCUT2D eigenvalue weighted by Gasteiger charge is -2.08. The molecule has 0 saturated carbocycles. The largest absolute Gasteiger partial charge is 0.385 e. The Labute approximate surface area is 121 Å². The zero-order valence-corrected chi connectivity index (χ0v) is 12.6. The van der Waals surface area contributed by atoms with Gasteiger partial charge in [0.1, 0.15) is 10.7 Å². The molecule has 8 heteroatoms.